The molecule has 0 saturated carbocycles. The molecule has 2 nitrogen and oxygen atoms in total. The molecular formula is C15H19ClN2S. The van der Waals surface area contributed by atoms with Crippen molar-refractivity contribution in [3.8, 4) is 6.07 Å². The minimum Gasteiger partial charge on any atom is -0.298 e. The molecule has 0 N–H and O–H groups in total. The van der Waals surface area contributed by atoms with E-state index in [4.69, 9.17) is 16.9 Å². The Hall–Kier alpha value is -0.690. The van der Waals surface area contributed by atoms with Gasteiger partial charge in [-0.05, 0) is 30.7 Å². The van der Waals surface area contributed by atoms with Crippen molar-refractivity contribution in [1.82, 2.24) is 4.90 Å². The molecule has 19 heavy (non-hydrogen) atoms. The highest BCUT2D eigenvalue weighted by molar-refractivity contribution is 8.00. The standard InChI is InChI=1S/C15H19ClN2S/c1-15(2)5-6-18(7-8-19-15)11-13-4-3-12(10-17)9-14(13)16/h3-4,9H,5-8,11H2,1-2H3. The summed E-state index contributed by atoms with van der Waals surface area (Å²) in [6, 6.07) is 7.70. The van der Waals surface area contributed by atoms with E-state index in [1.165, 1.54) is 12.2 Å². The Morgan fingerprint density at radius 2 is 2.21 bits per heavy atom. The van der Waals surface area contributed by atoms with Gasteiger partial charge in [-0.25, -0.2) is 0 Å². The Kier molecular flexibility index (Phi) is 4.78. The summed E-state index contributed by atoms with van der Waals surface area (Å²) in [4.78, 5) is 2.45. The van der Waals surface area contributed by atoms with Gasteiger partial charge in [0, 0.05) is 28.6 Å². The van der Waals surface area contributed by atoms with E-state index in [1.54, 1.807) is 6.07 Å². The van der Waals surface area contributed by atoms with Gasteiger partial charge in [-0.15, -0.1) is 0 Å². The Balaban J connectivity index is 2.03. The lowest BCUT2D eigenvalue weighted by Gasteiger charge is -2.23. The molecule has 1 aliphatic heterocycles. The molecule has 4 heteroatoms. The van der Waals surface area contributed by atoms with Gasteiger partial charge in [0.1, 0.15) is 0 Å². The van der Waals surface area contributed by atoms with Crippen LogP contribution in [0.5, 0.6) is 0 Å². The highest BCUT2D eigenvalue weighted by Gasteiger charge is 2.23. The van der Waals surface area contributed by atoms with Crippen molar-refractivity contribution >= 4 is 23.4 Å². The van der Waals surface area contributed by atoms with Crippen LogP contribution in [0.3, 0.4) is 0 Å². The van der Waals surface area contributed by atoms with E-state index in [-0.39, 0.29) is 0 Å². The van der Waals surface area contributed by atoms with E-state index >= 15 is 0 Å². The maximum Gasteiger partial charge on any atom is 0.0992 e. The third kappa shape index (κ3) is 4.14. The van der Waals surface area contributed by atoms with E-state index in [0.29, 0.717) is 15.3 Å². The summed E-state index contributed by atoms with van der Waals surface area (Å²) < 4.78 is 0.378. The third-order valence-corrected chi connectivity index (χ3v) is 5.23. The zero-order chi connectivity index (χ0) is 13.9. The van der Waals surface area contributed by atoms with Gasteiger partial charge >= 0.3 is 0 Å². The minimum atomic E-state index is 0.378. The molecule has 0 bridgehead atoms. The molecule has 0 aliphatic carbocycles. The Labute approximate surface area is 124 Å². The molecule has 1 aliphatic rings. The van der Waals surface area contributed by atoms with Gasteiger partial charge < -0.3 is 0 Å². The molecule has 1 aromatic rings. The molecule has 0 amide bonds. The number of benzene rings is 1. The summed E-state index contributed by atoms with van der Waals surface area (Å²) in [6.45, 7) is 7.72. The van der Waals surface area contributed by atoms with Crippen molar-refractivity contribution in [2.24, 2.45) is 0 Å². The fourth-order valence-electron chi connectivity index (χ4n) is 2.21. The van der Waals surface area contributed by atoms with Gasteiger partial charge in [-0.2, -0.15) is 17.0 Å². The fraction of sp³-hybridized carbons (Fsp3) is 0.533. The van der Waals surface area contributed by atoms with Gasteiger partial charge in [0.2, 0.25) is 0 Å². The average molecular weight is 295 g/mol. The SMILES string of the molecule is CC1(C)CCN(Cc2ccc(C#N)cc2Cl)CCS1. The van der Waals surface area contributed by atoms with E-state index < -0.39 is 0 Å². The van der Waals surface area contributed by atoms with Crippen molar-refractivity contribution in [1.29, 1.82) is 5.26 Å². The number of hydrogen-bond acceptors (Lipinski definition) is 3. The monoisotopic (exact) mass is 294 g/mol. The van der Waals surface area contributed by atoms with Crippen LogP contribution in [0, 0.1) is 11.3 Å². The first kappa shape index (κ1) is 14.7. The van der Waals surface area contributed by atoms with Crippen molar-refractivity contribution in [3.05, 3.63) is 34.3 Å². The first-order chi connectivity index (χ1) is 9.00. The minimum absolute atomic E-state index is 0.378. The number of nitriles is 1. The summed E-state index contributed by atoms with van der Waals surface area (Å²) in [5.41, 5.74) is 1.74. The number of hydrogen-bond donors (Lipinski definition) is 0. The number of rotatable bonds is 2. The molecular weight excluding hydrogens is 276 g/mol. The molecule has 2 rings (SSSR count). The largest absolute Gasteiger partial charge is 0.298 e. The van der Waals surface area contributed by atoms with Gasteiger partial charge in [0.15, 0.2) is 0 Å². The zero-order valence-corrected chi connectivity index (χ0v) is 13.0. The van der Waals surface area contributed by atoms with Crippen molar-refractivity contribution in [2.75, 3.05) is 18.8 Å². The summed E-state index contributed by atoms with van der Waals surface area (Å²) in [6.07, 6.45) is 1.20. The second-order valence-corrected chi connectivity index (χ2v) is 7.76. The van der Waals surface area contributed by atoms with E-state index in [9.17, 15) is 0 Å². The lowest BCUT2D eigenvalue weighted by molar-refractivity contribution is 0.276. The van der Waals surface area contributed by atoms with Crippen LogP contribution in [0.15, 0.2) is 18.2 Å². The highest BCUT2D eigenvalue weighted by Crippen LogP contribution is 2.31. The van der Waals surface area contributed by atoms with Gasteiger partial charge in [0.25, 0.3) is 0 Å². The molecule has 0 atom stereocenters. The lowest BCUT2D eigenvalue weighted by atomic mass is 10.1. The molecule has 0 spiro atoms. The predicted octanol–water partition coefficient (Wildman–Crippen LogP) is 3.93. The molecule has 1 heterocycles. The number of halogens is 1. The predicted molar refractivity (Wildman–Crippen MR) is 82.6 cm³/mol. The van der Waals surface area contributed by atoms with E-state index in [2.05, 4.69) is 24.8 Å². The first-order valence-corrected chi connectivity index (χ1v) is 7.91. The van der Waals surface area contributed by atoms with Crippen LogP contribution in [0.1, 0.15) is 31.4 Å². The fourth-order valence-corrected chi connectivity index (χ4v) is 3.58. The van der Waals surface area contributed by atoms with Crippen molar-refractivity contribution < 1.29 is 0 Å². The molecule has 0 radical (unpaired) electrons. The Morgan fingerprint density at radius 1 is 1.42 bits per heavy atom. The van der Waals surface area contributed by atoms with Crippen LogP contribution in [0.4, 0.5) is 0 Å². The van der Waals surface area contributed by atoms with Crippen LogP contribution >= 0.6 is 23.4 Å². The van der Waals surface area contributed by atoms with Crippen molar-refractivity contribution in [3.63, 3.8) is 0 Å². The second-order valence-electron chi connectivity index (χ2n) is 5.55. The molecule has 0 aromatic heterocycles. The molecule has 102 valence electrons. The number of nitrogens with zero attached hydrogens (tertiary/aromatic N) is 2. The Bertz CT molecular complexity index is 493. The summed E-state index contributed by atoms with van der Waals surface area (Å²) in [5.74, 6) is 1.17. The summed E-state index contributed by atoms with van der Waals surface area (Å²) in [7, 11) is 0. The van der Waals surface area contributed by atoms with Crippen LogP contribution in [0.2, 0.25) is 5.02 Å². The van der Waals surface area contributed by atoms with Gasteiger partial charge in [-0.3, -0.25) is 4.90 Å². The first-order valence-electron chi connectivity index (χ1n) is 6.55. The van der Waals surface area contributed by atoms with Gasteiger partial charge in [0.05, 0.1) is 11.6 Å². The highest BCUT2D eigenvalue weighted by atomic mass is 35.5. The van der Waals surface area contributed by atoms with Gasteiger partial charge in [-0.1, -0.05) is 31.5 Å². The maximum absolute atomic E-state index is 8.85. The number of thioether (sulfide) groups is 1. The smallest absolute Gasteiger partial charge is 0.0992 e. The van der Waals surface area contributed by atoms with Crippen LogP contribution < -0.4 is 0 Å². The molecule has 0 unspecified atom stereocenters. The molecule has 1 aromatic carbocycles. The molecule has 1 fully saturated rings. The van der Waals surface area contributed by atoms with E-state index in [1.807, 2.05) is 23.9 Å². The summed E-state index contributed by atoms with van der Waals surface area (Å²) in [5, 5.41) is 9.55. The quantitative estimate of drug-likeness (QED) is 0.827. The summed E-state index contributed by atoms with van der Waals surface area (Å²) >= 11 is 8.29. The topological polar surface area (TPSA) is 27.0 Å². The average Bonchev–Trinajstić information content (AvgIpc) is 2.53. The van der Waals surface area contributed by atoms with Crippen LogP contribution in [0.25, 0.3) is 0 Å². The Morgan fingerprint density at radius 3 is 2.89 bits per heavy atom. The molecule has 1 saturated heterocycles. The van der Waals surface area contributed by atoms with Crippen molar-refractivity contribution in [2.45, 2.75) is 31.6 Å². The zero-order valence-electron chi connectivity index (χ0n) is 11.4. The maximum atomic E-state index is 8.85. The third-order valence-electron chi connectivity index (χ3n) is 3.51. The normalized spacial score (nSPS) is 19.7. The van der Waals surface area contributed by atoms with E-state index in [0.717, 1.165) is 25.2 Å². The lowest BCUT2D eigenvalue weighted by Crippen LogP contribution is -2.26. The van der Waals surface area contributed by atoms with Crippen LogP contribution in [-0.4, -0.2) is 28.5 Å². The van der Waals surface area contributed by atoms with Crippen LogP contribution in [-0.2, 0) is 6.54 Å². The second kappa shape index (κ2) is 6.17.